The Kier molecular flexibility index (Phi) is 3.94. The average molecular weight is 368 g/mol. The number of benzene rings is 2. The van der Waals surface area contributed by atoms with Crippen LogP contribution in [0.3, 0.4) is 0 Å². The van der Waals surface area contributed by atoms with E-state index in [1.807, 2.05) is 22.6 Å². The fourth-order valence-electron chi connectivity index (χ4n) is 1.69. The smallest absolute Gasteiger partial charge is 0.258 e. The number of nitrogens with zero attached hydrogens (tertiary/aromatic N) is 1. The molecular formula is C14H13IN2O2. The van der Waals surface area contributed by atoms with Crippen LogP contribution in [0.2, 0.25) is 0 Å². The summed E-state index contributed by atoms with van der Waals surface area (Å²) in [5.74, 6) is -0.0928. The SMILES string of the molecule is CN(C(=O)c1ccc(I)c(O)c1)c1cccc(N)c1. The lowest BCUT2D eigenvalue weighted by Crippen LogP contribution is -2.26. The molecule has 1 amide bonds. The molecule has 0 fully saturated rings. The van der Waals surface area contributed by atoms with Crippen molar-refractivity contribution in [1.29, 1.82) is 0 Å². The lowest BCUT2D eigenvalue weighted by molar-refractivity contribution is 0.0992. The molecule has 0 unspecified atom stereocenters. The monoisotopic (exact) mass is 368 g/mol. The number of nitrogens with two attached hydrogens (primary N) is 1. The highest BCUT2D eigenvalue weighted by Gasteiger charge is 2.14. The van der Waals surface area contributed by atoms with Gasteiger partial charge in [0.25, 0.3) is 5.91 Å². The van der Waals surface area contributed by atoms with E-state index in [0.717, 1.165) is 0 Å². The molecule has 0 aliphatic carbocycles. The van der Waals surface area contributed by atoms with Crippen LogP contribution in [0.4, 0.5) is 11.4 Å². The number of rotatable bonds is 2. The van der Waals surface area contributed by atoms with Crippen LogP contribution in [0.1, 0.15) is 10.4 Å². The number of amides is 1. The van der Waals surface area contributed by atoms with E-state index in [0.29, 0.717) is 20.5 Å². The van der Waals surface area contributed by atoms with Crippen LogP contribution < -0.4 is 10.6 Å². The predicted molar refractivity (Wildman–Crippen MR) is 84.4 cm³/mol. The highest BCUT2D eigenvalue weighted by atomic mass is 127. The van der Waals surface area contributed by atoms with E-state index >= 15 is 0 Å². The molecule has 0 saturated heterocycles. The van der Waals surface area contributed by atoms with Gasteiger partial charge in [-0.3, -0.25) is 4.79 Å². The van der Waals surface area contributed by atoms with Crippen molar-refractivity contribution in [2.24, 2.45) is 0 Å². The van der Waals surface area contributed by atoms with E-state index < -0.39 is 0 Å². The molecule has 0 aliphatic heterocycles. The average Bonchev–Trinajstić information content (AvgIpc) is 2.40. The predicted octanol–water partition coefficient (Wildman–Crippen LogP) is 2.86. The maximum Gasteiger partial charge on any atom is 0.258 e. The number of aromatic hydroxyl groups is 1. The van der Waals surface area contributed by atoms with Gasteiger partial charge in [-0.05, 0) is 59.0 Å². The fraction of sp³-hybridized carbons (Fsp3) is 0.0714. The molecule has 19 heavy (non-hydrogen) atoms. The number of halogens is 1. The lowest BCUT2D eigenvalue weighted by Gasteiger charge is -2.18. The van der Waals surface area contributed by atoms with Gasteiger partial charge in [0.15, 0.2) is 0 Å². The fourth-order valence-corrected chi connectivity index (χ4v) is 2.03. The molecule has 0 saturated carbocycles. The Morgan fingerprint density at radius 2 is 2.00 bits per heavy atom. The van der Waals surface area contributed by atoms with Gasteiger partial charge < -0.3 is 15.7 Å². The molecule has 0 atom stereocenters. The van der Waals surface area contributed by atoms with Gasteiger partial charge in [-0.2, -0.15) is 0 Å². The van der Waals surface area contributed by atoms with Crippen molar-refractivity contribution in [3.63, 3.8) is 0 Å². The normalized spacial score (nSPS) is 10.2. The van der Waals surface area contributed by atoms with Crippen molar-refractivity contribution >= 4 is 39.9 Å². The summed E-state index contributed by atoms with van der Waals surface area (Å²) in [6.07, 6.45) is 0. The Hall–Kier alpha value is -1.76. The minimum absolute atomic E-state index is 0.104. The summed E-state index contributed by atoms with van der Waals surface area (Å²) in [6, 6.07) is 11.9. The minimum Gasteiger partial charge on any atom is -0.507 e. The van der Waals surface area contributed by atoms with Crippen molar-refractivity contribution in [1.82, 2.24) is 0 Å². The Morgan fingerprint density at radius 1 is 1.26 bits per heavy atom. The summed E-state index contributed by atoms with van der Waals surface area (Å²) >= 11 is 2.01. The van der Waals surface area contributed by atoms with Crippen LogP contribution >= 0.6 is 22.6 Å². The topological polar surface area (TPSA) is 66.6 Å². The van der Waals surface area contributed by atoms with Gasteiger partial charge in [0.05, 0.1) is 3.57 Å². The third-order valence-electron chi connectivity index (χ3n) is 2.76. The van der Waals surface area contributed by atoms with Crippen molar-refractivity contribution in [3.05, 3.63) is 51.6 Å². The Bertz CT molecular complexity index is 629. The molecule has 98 valence electrons. The second-order valence-corrected chi connectivity index (χ2v) is 5.29. The van der Waals surface area contributed by atoms with Gasteiger partial charge in [-0.25, -0.2) is 0 Å². The summed E-state index contributed by atoms with van der Waals surface area (Å²) in [5, 5.41) is 9.65. The first-order valence-corrected chi connectivity index (χ1v) is 6.69. The van der Waals surface area contributed by atoms with Gasteiger partial charge in [0.1, 0.15) is 5.75 Å². The van der Waals surface area contributed by atoms with Gasteiger partial charge in [-0.1, -0.05) is 6.07 Å². The van der Waals surface area contributed by atoms with Crippen LogP contribution in [0.15, 0.2) is 42.5 Å². The van der Waals surface area contributed by atoms with Crippen LogP contribution in [0, 0.1) is 3.57 Å². The lowest BCUT2D eigenvalue weighted by atomic mass is 10.1. The zero-order valence-electron chi connectivity index (χ0n) is 10.3. The number of phenols is 1. The van der Waals surface area contributed by atoms with Gasteiger partial charge in [0.2, 0.25) is 0 Å². The highest BCUT2D eigenvalue weighted by molar-refractivity contribution is 14.1. The van der Waals surface area contributed by atoms with E-state index in [9.17, 15) is 9.90 Å². The minimum atomic E-state index is -0.197. The number of anilines is 2. The standard InChI is InChI=1S/C14H13IN2O2/c1-17(11-4-2-3-10(16)8-11)14(19)9-5-6-12(15)13(18)7-9/h2-8,18H,16H2,1H3. The molecule has 4 nitrogen and oxygen atoms in total. The molecule has 0 spiro atoms. The van der Waals surface area contributed by atoms with Crippen LogP contribution in [-0.4, -0.2) is 18.1 Å². The molecule has 0 aromatic heterocycles. The van der Waals surface area contributed by atoms with Crippen molar-refractivity contribution in [2.45, 2.75) is 0 Å². The van der Waals surface area contributed by atoms with E-state index in [1.54, 1.807) is 43.4 Å². The second-order valence-electron chi connectivity index (χ2n) is 4.13. The molecule has 5 heteroatoms. The third kappa shape index (κ3) is 2.98. The van der Waals surface area contributed by atoms with Crippen LogP contribution in [0.5, 0.6) is 5.75 Å². The van der Waals surface area contributed by atoms with E-state index in [-0.39, 0.29) is 11.7 Å². The zero-order chi connectivity index (χ0) is 14.0. The van der Waals surface area contributed by atoms with Crippen LogP contribution in [-0.2, 0) is 0 Å². The van der Waals surface area contributed by atoms with Gasteiger partial charge >= 0.3 is 0 Å². The third-order valence-corrected chi connectivity index (χ3v) is 3.67. The number of carbonyl (C=O) groups is 1. The molecule has 0 aliphatic rings. The number of hydrogen-bond donors (Lipinski definition) is 2. The Morgan fingerprint density at radius 3 is 2.63 bits per heavy atom. The van der Waals surface area contributed by atoms with Crippen LogP contribution in [0.25, 0.3) is 0 Å². The Labute approximate surface area is 125 Å². The molecule has 0 radical (unpaired) electrons. The van der Waals surface area contributed by atoms with E-state index in [4.69, 9.17) is 5.73 Å². The maximum absolute atomic E-state index is 12.3. The second kappa shape index (κ2) is 5.48. The highest BCUT2D eigenvalue weighted by Crippen LogP contribution is 2.23. The maximum atomic E-state index is 12.3. The first-order chi connectivity index (χ1) is 8.99. The zero-order valence-corrected chi connectivity index (χ0v) is 12.5. The first-order valence-electron chi connectivity index (χ1n) is 5.61. The van der Waals surface area contributed by atoms with E-state index in [1.165, 1.54) is 11.0 Å². The molecular weight excluding hydrogens is 355 g/mol. The van der Waals surface area contributed by atoms with Crippen molar-refractivity contribution in [2.75, 3.05) is 17.7 Å². The summed E-state index contributed by atoms with van der Waals surface area (Å²) in [4.78, 5) is 13.8. The molecule has 2 aromatic rings. The summed E-state index contributed by atoms with van der Waals surface area (Å²) in [7, 11) is 1.67. The number of carbonyl (C=O) groups excluding carboxylic acids is 1. The summed E-state index contributed by atoms with van der Waals surface area (Å²) in [6.45, 7) is 0. The van der Waals surface area contributed by atoms with Gasteiger partial charge in [0, 0.05) is 24.0 Å². The first kappa shape index (κ1) is 13.7. The molecule has 0 heterocycles. The molecule has 0 bridgehead atoms. The van der Waals surface area contributed by atoms with Crippen molar-refractivity contribution in [3.8, 4) is 5.75 Å². The Balaban J connectivity index is 2.30. The number of phenolic OH excluding ortho intramolecular Hbond substituents is 1. The van der Waals surface area contributed by atoms with Gasteiger partial charge in [-0.15, -0.1) is 0 Å². The quantitative estimate of drug-likeness (QED) is 0.633. The number of nitrogen functional groups attached to an aromatic ring is 1. The number of hydrogen-bond acceptors (Lipinski definition) is 3. The summed E-state index contributed by atoms with van der Waals surface area (Å²) in [5.41, 5.74) is 7.44. The molecule has 2 rings (SSSR count). The summed E-state index contributed by atoms with van der Waals surface area (Å²) < 4.78 is 0.709. The van der Waals surface area contributed by atoms with E-state index in [2.05, 4.69) is 0 Å². The molecule has 3 N–H and O–H groups in total. The molecule has 2 aromatic carbocycles. The largest absolute Gasteiger partial charge is 0.507 e. The van der Waals surface area contributed by atoms with Crippen molar-refractivity contribution < 1.29 is 9.90 Å².